The molecule has 3 heterocycles. The van der Waals surface area contributed by atoms with Gasteiger partial charge in [0.15, 0.2) is 0 Å². The standard InChI is InChI=1S/C18H28N2/c1-15-5-7-16(8-6-15)4-2-3-11-19-18-14-20-12-9-17(18)10-13-20/h5-8,17-19H,2-4,9-14H2,1H3. The summed E-state index contributed by atoms with van der Waals surface area (Å²) >= 11 is 0. The molecule has 0 aliphatic carbocycles. The summed E-state index contributed by atoms with van der Waals surface area (Å²) in [5.74, 6) is 0.956. The number of nitrogens with zero attached hydrogens (tertiary/aromatic N) is 1. The predicted octanol–water partition coefficient (Wildman–Crippen LogP) is 3.00. The van der Waals surface area contributed by atoms with Crippen LogP contribution in [0.4, 0.5) is 0 Å². The molecule has 1 aromatic carbocycles. The Hall–Kier alpha value is -0.860. The molecule has 0 radical (unpaired) electrons. The van der Waals surface area contributed by atoms with Crippen LogP contribution in [0, 0.1) is 12.8 Å². The van der Waals surface area contributed by atoms with Gasteiger partial charge in [-0.2, -0.15) is 0 Å². The predicted molar refractivity (Wildman–Crippen MR) is 85.1 cm³/mol. The molecule has 4 rings (SSSR count). The molecule has 1 aromatic rings. The fourth-order valence-electron chi connectivity index (χ4n) is 3.69. The lowest BCUT2D eigenvalue weighted by atomic mass is 9.84. The quantitative estimate of drug-likeness (QED) is 0.801. The first kappa shape index (κ1) is 14.1. The molecule has 0 aromatic heterocycles. The molecule has 20 heavy (non-hydrogen) atoms. The van der Waals surface area contributed by atoms with Gasteiger partial charge in [-0.05, 0) is 70.1 Å². The van der Waals surface area contributed by atoms with E-state index in [2.05, 4.69) is 41.4 Å². The van der Waals surface area contributed by atoms with Gasteiger partial charge in [0, 0.05) is 12.6 Å². The SMILES string of the molecule is Cc1ccc(CCCCNC2CN3CCC2CC3)cc1. The van der Waals surface area contributed by atoms with Gasteiger partial charge in [0.05, 0.1) is 0 Å². The Morgan fingerprint density at radius 2 is 1.85 bits per heavy atom. The minimum atomic E-state index is 0.775. The molecule has 0 spiro atoms. The number of piperidine rings is 3. The Morgan fingerprint density at radius 1 is 1.10 bits per heavy atom. The zero-order valence-electron chi connectivity index (χ0n) is 12.8. The van der Waals surface area contributed by atoms with E-state index >= 15 is 0 Å². The fourth-order valence-corrected chi connectivity index (χ4v) is 3.69. The minimum Gasteiger partial charge on any atom is -0.312 e. The van der Waals surface area contributed by atoms with Crippen LogP contribution in [0.25, 0.3) is 0 Å². The molecule has 1 atom stereocenters. The minimum absolute atomic E-state index is 0.775. The lowest BCUT2D eigenvalue weighted by Gasteiger charge is -2.45. The van der Waals surface area contributed by atoms with Gasteiger partial charge in [-0.3, -0.25) is 0 Å². The highest BCUT2D eigenvalue weighted by Gasteiger charge is 2.33. The van der Waals surface area contributed by atoms with Crippen molar-refractivity contribution in [3.63, 3.8) is 0 Å². The number of hydrogen-bond acceptors (Lipinski definition) is 2. The van der Waals surface area contributed by atoms with Crippen molar-refractivity contribution in [1.29, 1.82) is 0 Å². The number of rotatable bonds is 6. The third-order valence-corrected chi connectivity index (χ3v) is 5.08. The monoisotopic (exact) mass is 272 g/mol. The molecule has 2 nitrogen and oxygen atoms in total. The maximum atomic E-state index is 3.81. The van der Waals surface area contributed by atoms with E-state index in [1.807, 2.05) is 0 Å². The van der Waals surface area contributed by atoms with Crippen LogP contribution in [0.1, 0.15) is 36.8 Å². The molecule has 0 amide bonds. The van der Waals surface area contributed by atoms with E-state index in [-0.39, 0.29) is 0 Å². The highest BCUT2D eigenvalue weighted by molar-refractivity contribution is 5.21. The zero-order chi connectivity index (χ0) is 13.8. The summed E-state index contributed by atoms with van der Waals surface area (Å²) in [5, 5.41) is 3.81. The number of fused-ring (bicyclic) bond motifs is 3. The van der Waals surface area contributed by atoms with Crippen molar-refractivity contribution in [2.24, 2.45) is 5.92 Å². The maximum Gasteiger partial charge on any atom is 0.0224 e. The van der Waals surface area contributed by atoms with Gasteiger partial charge in [-0.25, -0.2) is 0 Å². The summed E-state index contributed by atoms with van der Waals surface area (Å²) < 4.78 is 0. The smallest absolute Gasteiger partial charge is 0.0224 e. The van der Waals surface area contributed by atoms with Crippen molar-refractivity contribution >= 4 is 0 Å². The second-order valence-electron chi connectivity index (χ2n) is 6.64. The first-order valence-electron chi connectivity index (χ1n) is 8.32. The van der Waals surface area contributed by atoms with E-state index in [1.165, 1.54) is 69.4 Å². The summed E-state index contributed by atoms with van der Waals surface area (Å²) in [4.78, 5) is 2.63. The fraction of sp³-hybridized carbons (Fsp3) is 0.667. The summed E-state index contributed by atoms with van der Waals surface area (Å²) in [7, 11) is 0. The molecule has 1 N–H and O–H groups in total. The van der Waals surface area contributed by atoms with Crippen molar-refractivity contribution in [1.82, 2.24) is 10.2 Å². The average Bonchev–Trinajstić information content (AvgIpc) is 2.50. The molecule has 3 aliphatic rings. The average molecular weight is 272 g/mol. The number of unbranched alkanes of at least 4 members (excludes halogenated alkanes) is 1. The molecule has 3 saturated heterocycles. The lowest BCUT2D eigenvalue weighted by Crippen LogP contribution is -2.56. The van der Waals surface area contributed by atoms with Crippen LogP contribution in [0.3, 0.4) is 0 Å². The van der Waals surface area contributed by atoms with Crippen LogP contribution in [-0.2, 0) is 6.42 Å². The van der Waals surface area contributed by atoms with E-state index in [0.29, 0.717) is 0 Å². The van der Waals surface area contributed by atoms with Crippen LogP contribution in [0.2, 0.25) is 0 Å². The molecule has 2 heteroatoms. The normalized spacial score (nSPS) is 28.8. The Kier molecular flexibility index (Phi) is 4.74. The van der Waals surface area contributed by atoms with Gasteiger partial charge in [-0.1, -0.05) is 29.8 Å². The molecule has 0 saturated carbocycles. The van der Waals surface area contributed by atoms with Crippen molar-refractivity contribution in [2.45, 2.75) is 45.1 Å². The van der Waals surface area contributed by atoms with Gasteiger partial charge < -0.3 is 10.2 Å². The van der Waals surface area contributed by atoms with Gasteiger partial charge in [0.1, 0.15) is 0 Å². The van der Waals surface area contributed by atoms with Crippen LogP contribution in [-0.4, -0.2) is 37.1 Å². The summed E-state index contributed by atoms with van der Waals surface area (Å²) in [6.07, 6.45) is 6.67. The number of benzene rings is 1. The largest absolute Gasteiger partial charge is 0.312 e. The van der Waals surface area contributed by atoms with Crippen LogP contribution >= 0.6 is 0 Å². The van der Waals surface area contributed by atoms with E-state index in [4.69, 9.17) is 0 Å². The van der Waals surface area contributed by atoms with E-state index in [1.54, 1.807) is 0 Å². The van der Waals surface area contributed by atoms with E-state index < -0.39 is 0 Å². The van der Waals surface area contributed by atoms with E-state index in [9.17, 15) is 0 Å². The highest BCUT2D eigenvalue weighted by Crippen LogP contribution is 2.27. The maximum absolute atomic E-state index is 3.81. The third kappa shape index (κ3) is 3.62. The number of nitrogens with one attached hydrogen (secondary N) is 1. The lowest BCUT2D eigenvalue weighted by molar-refractivity contribution is 0.0727. The molecule has 2 bridgehead atoms. The Balaban J connectivity index is 1.31. The molecule has 3 fully saturated rings. The van der Waals surface area contributed by atoms with Gasteiger partial charge >= 0.3 is 0 Å². The second-order valence-corrected chi connectivity index (χ2v) is 6.64. The molecule has 1 unspecified atom stereocenters. The third-order valence-electron chi connectivity index (χ3n) is 5.08. The second kappa shape index (κ2) is 6.73. The topological polar surface area (TPSA) is 15.3 Å². The summed E-state index contributed by atoms with van der Waals surface area (Å²) in [6.45, 7) is 7.33. The van der Waals surface area contributed by atoms with Crippen molar-refractivity contribution in [2.75, 3.05) is 26.2 Å². The Labute approximate surface area is 123 Å². The molecule has 110 valence electrons. The first-order chi connectivity index (χ1) is 9.81. The van der Waals surface area contributed by atoms with Gasteiger partial charge in [0.2, 0.25) is 0 Å². The Bertz CT molecular complexity index is 404. The number of aryl methyl sites for hydroxylation is 2. The van der Waals surface area contributed by atoms with Crippen LogP contribution in [0.15, 0.2) is 24.3 Å². The van der Waals surface area contributed by atoms with Crippen LogP contribution in [0.5, 0.6) is 0 Å². The van der Waals surface area contributed by atoms with Crippen molar-refractivity contribution in [3.8, 4) is 0 Å². The zero-order valence-corrected chi connectivity index (χ0v) is 12.8. The van der Waals surface area contributed by atoms with E-state index in [0.717, 1.165) is 12.0 Å². The highest BCUT2D eigenvalue weighted by atomic mass is 15.2. The first-order valence-corrected chi connectivity index (χ1v) is 8.32. The van der Waals surface area contributed by atoms with Crippen molar-refractivity contribution < 1.29 is 0 Å². The number of hydrogen-bond donors (Lipinski definition) is 1. The Morgan fingerprint density at radius 3 is 2.50 bits per heavy atom. The van der Waals surface area contributed by atoms with Crippen molar-refractivity contribution in [3.05, 3.63) is 35.4 Å². The van der Waals surface area contributed by atoms with Gasteiger partial charge in [0.25, 0.3) is 0 Å². The van der Waals surface area contributed by atoms with Crippen LogP contribution < -0.4 is 5.32 Å². The molecule has 3 aliphatic heterocycles. The summed E-state index contributed by atoms with van der Waals surface area (Å²) in [5.41, 5.74) is 2.84. The van der Waals surface area contributed by atoms with Gasteiger partial charge in [-0.15, -0.1) is 0 Å². The molecular weight excluding hydrogens is 244 g/mol. The summed E-state index contributed by atoms with van der Waals surface area (Å²) in [6, 6.07) is 9.77. The molecular formula is C18H28N2.